The summed E-state index contributed by atoms with van der Waals surface area (Å²) in [5, 5.41) is 2.99. The molecule has 2 aromatic rings. The van der Waals surface area contributed by atoms with E-state index < -0.39 is 0 Å². The number of rotatable bonds is 3. The van der Waals surface area contributed by atoms with Crippen molar-refractivity contribution < 1.29 is 14.3 Å². The minimum atomic E-state index is -0.119. The zero-order valence-electron chi connectivity index (χ0n) is 15.5. The van der Waals surface area contributed by atoms with Crippen molar-refractivity contribution in [1.29, 1.82) is 0 Å². The molecule has 1 heterocycles. The fourth-order valence-corrected chi connectivity index (χ4v) is 3.93. The number of benzene rings is 2. The molecule has 0 saturated heterocycles. The van der Waals surface area contributed by atoms with E-state index in [9.17, 15) is 9.59 Å². The first-order valence-corrected chi connectivity index (χ1v) is 9.71. The van der Waals surface area contributed by atoms with Gasteiger partial charge in [0.15, 0.2) is 5.75 Å². The standard InChI is InChI=1S/C22H24N2O3/c1-2-24-18-10-6-7-11-20(18)27-19-13-12-16(14-17(19)22(24)26)23-21(25)15-8-4-3-5-9-15/h6-7,10-15H,2-5,8-9H2,1H3,(H,23,25). The summed E-state index contributed by atoms with van der Waals surface area (Å²) in [4.78, 5) is 27.4. The Morgan fingerprint density at radius 2 is 1.89 bits per heavy atom. The van der Waals surface area contributed by atoms with Gasteiger partial charge in [-0.25, -0.2) is 0 Å². The molecule has 1 fully saturated rings. The van der Waals surface area contributed by atoms with Crippen LogP contribution in [0.2, 0.25) is 0 Å². The van der Waals surface area contributed by atoms with Crippen LogP contribution >= 0.6 is 0 Å². The lowest BCUT2D eigenvalue weighted by molar-refractivity contribution is -0.120. The van der Waals surface area contributed by atoms with Crippen molar-refractivity contribution in [2.75, 3.05) is 16.8 Å². The highest BCUT2D eigenvalue weighted by molar-refractivity contribution is 6.10. The van der Waals surface area contributed by atoms with Gasteiger partial charge in [0.1, 0.15) is 5.75 Å². The SMILES string of the molecule is CCN1C(=O)c2cc(NC(=O)C3CCCCC3)ccc2Oc2ccccc21. The number of hydrogen-bond donors (Lipinski definition) is 1. The lowest BCUT2D eigenvalue weighted by atomic mass is 9.88. The van der Waals surface area contributed by atoms with Gasteiger partial charge in [0.05, 0.1) is 11.3 Å². The fourth-order valence-electron chi connectivity index (χ4n) is 3.93. The second-order valence-corrected chi connectivity index (χ2v) is 7.15. The number of para-hydroxylation sites is 2. The van der Waals surface area contributed by atoms with Crippen LogP contribution in [0.15, 0.2) is 42.5 Å². The molecule has 1 N–H and O–H groups in total. The number of anilines is 2. The van der Waals surface area contributed by atoms with E-state index in [-0.39, 0.29) is 17.7 Å². The number of amides is 2. The van der Waals surface area contributed by atoms with Gasteiger partial charge in [-0.3, -0.25) is 9.59 Å². The van der Waals surface area contributed by atoms with E-state index in [0.29, 0.717) is 29.3 Å². The summed E-state index contributed by atoms with van der Waals surface area (Å²) in [6.45, 7) is 2.48. The highest BCUT2D eigenvalue weighted by Gasteiger charge is 2.28. The fraction of sp³-hybridized carbons (Fsp3) is 0.364. The number of carbonyl (C=O) groups is 2. The number of ether oxygens (including phenoxy) is 1. The van der Waals surface area contributed by atoms with E-state index in [0.717, 1.165) is 31.4 Å². The van der Waals surface area contributed by atoms with E-state index in [1.54, 1.807) is 23.1 Å². The van der Waals surface area contributed by atoms with Crippen molar-refractivity contribution in [3.8, 4) is 11.5 Å². The summed E-state index contributed by atoms with van der Waals surface area (Å²) in [7, 11) is 0. The Bertz CT molecular complexity index is 872. The number of hydrogen-bond acceptors (Lipinski definition) is 3. The third-order valence-corrected chi connectivity index (χ3v) is 5.39. The molecule has 4 rings (SSSR count). The molecule has 1 aliphatic carbocycles. The zero-order chi connectivity index (χ0) is 18.8. The Morgan fingerprint density at radius 3 is 2.67 bits per heavy atom. The third-order valence-electron chi connectivity index (χ3n) is 5.39. The summed E-state index contributed by atoms with van der Waals surface area (Å²) >= 11 is 0. The van der Waals surface area contributed by atoms with Gasteiger partial charge in [-0.15, -0.1) is 0 Å². The van der Waals surface area contributed by atoms with Crippen LogP contribution in [0.4, 0.5) is 11.4 Å². The molecule has 0 bridgehead atoms. The zero-order valence-corrected chi connectivity index (χ0v) is 15.5. The van der Waals surface area contributed by atoms with Gasteiger partial charge >= 0.3 is 0 Å². The van der Waals surface area contributed by atoms with Gasteiger partial charge in [-0.2, -0.15) is 0 Å². The highest BCUT2D eigenvalue weighted by atomic mass is 16.5. The van der Waals surface area contributed by atoms with Crippen LogP contribution < -0.4 is 15.0 Å². The highest BCUT2D eigenvalue weighted by Crippen LogP contribution is 2.39. The third kappa shape index (κ3) is 3.42. The largest absolute Gasteiger partial charge is 0.454 e. The van der Waals surface area contributed by atoms with Crippen LogP contribution in [0, 0.1) is 5.92 Å². The average Bonchev–Trinajstić information content (AvgIpc) is 2.82. The maximum Gasteiger partial charge on any atom is 0.262 e. The maximum atomic E-state index is 13.1. The van der Waals surface area contributed by atoms with Crippen molar-refractivity contribution in [3.63, 3.8) is 0 Å². The molecule has 5 nitrogen and oxygen atoms in total. The van der Waals surface area contributed by atoms with Gasteiger partial charge in [0.2, 0.25) is 5.91 Å². The Balaban J connectivity index is 1.63. The molecule has 2 amide bonds. The number of nitrogens with one attached hydrogen (secondary N) is 1. The predicted molar refractivity (Wildman–Crippen MR) is 106 cm³/mol. The van der Waals surface area contributed by atoms with Crippen LogP contribution in [-0.2, 0) is 4.79 Å². The quantitative estimate of drug-likeness (QED) is 0.836. The predicted octanol–water partition coefficient (Wildman–Crippen LogP) is 4.98. The van der Waals surface area contributed by atoms with Crippen LogP contribution in [0.5, 0.6) is 11.5 Å². The summed E-state index contributed by atoms with van der Waals surface area (Å²) in [6.07, 6.45) is 5.31. The van der Waals surface area contributed by atoms with Crippen molar-refractivity contribution in [3.05, 3.63) is 48.0 Å². The van der Waals surface area contributed by atoms with Crippen LogP contribution in [0.25, 0.3) is 0 Å². The Morgan fingerprint density at radius 1 is 1.11 bits per heavy atom. The van der Waals surface area contributed by atoms with E-state index in [1.807, 2.05) is 31.2 Å². The van der Waals surface area contributed by atoms with Crippen molar-refractivity contribution >= 4 is 23.2 Å². The van der Waals surface area contributed by atoms with Crippen LogP contribution in [-0.4, -0.2) is 18.4 Å². The monoisotopic (exact) mass is 364 g/mol. The Labute approximate surface area is 159 Å². The number of nitrogens with zero attached hydrogens (tertiary/aromatic N) is 1. The van der Waals surface area contributed by atoms with Crippen molar-refractivity contribution in [1.82, 2.24) is 0 Å². The first-order valence-electron chi connectivity index (χ1n) is 9.71. The summed E-state index contributed by atoms with van der Waals surface area (Å²) < 4.78 is 6.01. The van der Waals surface area contributed by atoms with Crippen molar-refractivity contribution in [2.24, 2.45) is 5.92 Å². The molecule has 2 aromatic carbocycles. The topological polar surface area (TPSA) is 58.6 Å². The Kier molecular flexibility index (Phi) is 4.84. The van der Waals surface area contributed by atoms with Gasteiger partial charge in [-0.05, 0) is 50.1 Å². The van der Waals surface area contributed by atoms with Gasteiger partial charge in [0.25, 0.3) is 5.91 Å². The normalized spacial score (nSPS) is 16.8. The first kappa shape index (κ1) is 17.6. The molecule has 0 unspecified atom stereocenters. The first-order chi connectivity index (χ1) is 13.2. The summed E-state index contributed by atoms with van der Waals surface area (Å²) in [6, 6.07) is 12.8. The van der Waals surface area contributed by atoms with Gasteiger partial charge < -0.3 is 15.0 Å². The molecule has 0 spiro atoms. The van der Waals surface area contributed by atoms with E-state index in [4.69, 9.17) is 4.74 Å². The molecular formula is C22H24N2O3. The second-order valence-electron chi connectivity index (χ2n) is 7.15. The minimum absolute atomic E-state index is 0.0484. The molecule has 0 atom stereocenters. The Hall–Kier alpha value is -2.82. The average molecular weight is 364 g/mol. The van der Waals surface area contributed by atoms with Crippen LogP contribution in [0.1, 0.15) is 49.4 Å². The lowest BCUT2D eigenvalue weighted by Crippen LogP contribution is -2.30. The minimum Gasteiger partial charge on any atom is -0.454 e. The molecule has 0 radical (unpaired) electrons. The smallest absolute Gasteiger partial charge is 0.262 e. The molecule has 2 aliphatic rings. The summed E-state index contributed by atoms with van der Waals surface area (Å²) in [5.41, 5.74) is 1.87. The van der Waals surface area contributed by atoms with E-state index >= 15 is 0 Å². The molecule has 1 aliphatic heterocycles. The molecule has 0 aromatic heterocycles. The number of fused-ring (bicyclic) bond motifs is 2. The molecule has 27 heavy (non-hydrogen) atoms. The van der Waals surface area contributed by atoms with E-state index in [2.05, 4.69) is 5.32 Å². The van der Waals surface area contributed by atoms with E-state index in [1.165, 1.54) is 6.42 Å². The number of carbonyl (C=O) groups excluding carboxylic acids is 2. The summed E-state index contributed by atoms with van der Waals surface area (Å²) in [5.74, 6) is 1.17. The molecule has 1 saturated carbocycles. The second kappa shape index (κ2) is 7.43. The molecule has 5 heteroatoms. The molecular weight excluding hydrogens is 340 g/mol. The van der Waals surface area contributed by atoms with Crippen molar-refractivity contribution in [2.45, 2.75) is 39.0 Å². The van der Waals surface area contributed by atoms with Gasteiger partial charge in [0, 0.05) is 18.2 Å². The lowest BCUT2D eigenvalue weighted by Gasteiger charge is -2.21. The van der Waals surface area contributed by atoms with Crippen LogP contribution in [0.3, 0.4) is 0 Å². The van der Waals surface area contributed by atoms with Gasteiger partial charge in [-0.1, -0.05) is 31.4 Å². The maximum absolute atomic E-state index is 13.1. The molecule has 140 valence electrons.